The second-order valence-electron chi connectivity index (χ2n) is 5.59. The molecule has 0 unspecified atom stereocenters. The molecule has 3 rings (SSSR count). The summed E-state index contributed by atoms with van der Waals surface area (Å²) in [6.45, 7) is 2.76. The first-order valence-electron chi connectivity index (χ1n) is 8.39. The molecule has 0 atom stereocenters. The fraction of sp³-hybridized carbons (Fsp3) is 0.158. The van der Waals surface area contributed by atoms with E-state index in [4.69, 9.17) is 26.8 Å². The van der Waals surface area contributed by atoms with Crippen molar-refractivity contribution in [2.24, 2.45) is 5.10 Å². The first-order chi connectivity index (χ1) is 13.6. The number of hydrazone groups is 1. The van der Waals surface area contributed by atoms with Crippen LogP contribution < -0.4 is 20.6 Å². The van der Waals surface area contributed by atoms with Gasteiger partial charge in [-0.05, 0) is 46.6 Å². The summed E-state index contributed by atoms with van der Waals surface area (Å²) in [5.41, 5.74) is 10.2. The molecule has 1 heterocycles. The molecule has 1 aromatic heterocycles. The average molecular weight is 482 g/mol. The third kappa shape index (κ3) is 5.37. The fourth-order valence-corrected chi connectivity index (χ4v) is 3.64. The summed E-state index contributed by atoms with van der Waals surface area (Å²) in [7, 11) is 0. The minimum absolute atomic E-state index is 0.332. The maximum atomic E-state index is 6.21. The number of benzene rings is 2. The van der Waals surface area contributed by atoms with Crippen molar-refractivity contribution in [3.05, 3.63) is 62.4 Å². The molecule has 3 aromatic rings. The van der Waals surface area contributed by atoms with Crippen LogP contribution in [-0.2, 0) is 6.61 Å². The second-order valence-corrected chi connectivity index (χ2v) is 7.71. The number of thiazole rings is 1. The Labute approximate surface area is 180 Å². The van der Waals surface area contributed by atoms with Crippen molar-refractivity contribution in [3.63, 3.8) is 0 Å². The monoisotopic (exact) mass is 480 g/mol. The second kappa shape index (κ2) is 9.77. The summed E-state index contributed by atoms with van der Waals surface area (Å²) in [5.74, 6) is 1.69. The van der Waals surface area contributed by atoms with Crippen LogP contribution in [0.25, 0.3) is 0 Å². The van der Waals surface area contributed by atoms with Gasteiger partial charge in [0.2, 0.25) is 5.13 Å². The van der Waals surface area contributed by atoms with Crippen molar-refractivity contribution in [3.8, 4) is 11.5 Å². The molecule has 0 aliphatic heterocycles. The van der Waals surface area contributed by atoms with Gasteiger partial charge in [-0.2, -0.15) is 5.10 Å². The Morgan fingerprint density at radius 2 is 2.14 bits per heavy atom. The number of ether oxygens (including phenoxy) is 2. The molecule has 28 heavy (non-hydrogen) atoms. The lowest BCUT2D eigenvalue weighted by Gasteiger charge is -2.15. The van der Waals surface area contributed by atoms with Crippen LogP contribution in [-0.4, -0.2) is 17.8 Å². The van der Waals surface area contributed by atoms with Crippen molar-refractivity contribution in [2.45, 2.75) is 13.5 Å². The molecule has 0 spiro atoms. The van der Waals surface area contributed by atoms with Crippen molar-refractivity contribution in [1.29, 1.82) is 0 Å². The van der Waals surface area contributed by atoms with Gasteiger partial charge in [-0.25, -0.2) is 4.98 Å². The number of halogens is 2. The SMILES string of the molecule is CCOc1cc(C=NNc2nc(N)cs2)cc(Br)c1OCc1ccccc1Cl. The molecule has 0 saturated carbocycles. The minimum atomic E-state index is 0.332. The highest BCUT2D eigenvalue weighted by molar-refractivity contribution is 9.10. The van der Waals surface area contributed by atoms with E-state index in [0.29, 0.717) is 40.7 Å². The largest absolute Gasteiger partial charge is 0.490 e. The van der Waals surface area contributed by atoms with E-state index in [0.717, 1.165) is 15.6 Å². The van der Waals surface area contributed by atoms with Crippen molar-refractivity contribution < 1.29 is 9.47 Å². The van der Waals surface area contributed by atoms with Crippen LogP contribution in [0.4, 0.5) is 10.9 Å². The number of hydrogen-bond acceptors (Lipinski definition) is 7. The molecule has 146 valence electrons. The molecular weight excluding hydrogens is 464 g/mol. The summed E-state index contributed by atoms with van der Waals surface area (Å²) in [6.07, 6.45) is 1.67. The van der Waals surface area contributed by atoms with Gasteiger partial charge in [0.25, 0.3) is 0 Å². The van der Waals surface area contributed by atoms with Gasteiger partial charge in [0.15, 0.2) is 11.5 Å². The lowest BCUT2D eigenvalue weighted by atomic mass is 10.2. The summed E-state index contributed by atoms with van der Waals surface area (Å²) in [4.78, 5) is 4.09. The Kier molecular flexibility index (Phi) is 7.13. The Balaban J connectivity index is 1.76. The standard InChI is InChI=1S/C19H18BrClN4O2S/c1-2-26-16-8-12(9-23-25-19-24-17(22)11-28-19)7-14(20)18(16)27-10-13-5-3-4-6-15(13)21/h3-9,11H,2,10,22H2,1H3,(H,24,25). The molecule has 3 N–H and O–H groups in total. The van der Waals surface area contributed by atoms with E-state index < -0.39 is 0 Å². The summed E-state index contributed by atoms with van der Waals surface area (Å²) < 4.78 is 12.5. The molecule has 0 saturated heterocycles. The Morgan fingerprint density at radius 1 is 1.32 bits per heavy atom. The van der Waals surface area contributed by atoms with Gasteiger partial charge < -0.3 is 15.2 Å². The topological polar surface area (TPSA) is 81.8 Å². The lowest BCUT2D eigenvalue weighted by molar-refractivity contribution is 0.267. The maximum absolute atomic E-state index is 6.21. The number of anilines is 2. The van der Waals surface area contributed by atoms with Crippen LogP contribution in [0.15, 0.2) is 51.4 Å². The van der Waals surface area contributed by atoms with Crippen LogP contribution in [0.5, 0.6) is 11.5 Å². The normalized spacial score (nSPS) is 11.0. The van der Waals surface area contributed by atoms with Crippen molar-refractivity contribution >= 4 is 56.0 Å². The van der Waals surface area contributed by atoms with E-state index in [1.807, 2.05) is 43.3 Å². The zero-order chi connectivity index (χ0) is 19.9. The molecule has 9 heteroatoms. The smallest absolute Gasteiger partial charge is 0.205 e. The van der Waals surface area contributed by atoms with E-state index in [2.05, 4.69) is 31.4 Å². The average Bonchev–Trinajstić information content (AvgIpc) is 3.08. The van der Waals surface area contributed by atoms with Crippen LogP contribution >= 0.6 is 38.9 Å². The van der Waals surface area contributed by atoms with Crippen LogP contribution in [0.1, 0.15) is 18.1 Å². The van der Waals surface area contributed by atoms with Crippen molar-refractivity contribution in [2.75, 3.05) is 17.8 Å². The highest BCUT2D eigenvalue weighted by Crippen LogP contribution is 2.37. The van der Waals surface area contributed by atoms with E-state index in [-0.39, 0.29) is 0 Å². The molecule has 0 aliphatic rings. The van der Waals surface area contributed by atoms with Gasteiger partial charge in [0, 0.05) is 16.0 Å². The van der Waals surface area contributed by atoms with Gasteiger partial charge >= 0.3 is 0 Å². The molecule has 2 aromatic carbocycles. The van der Waals surface area contributed by atoms with Crippen LogP contribution in [0, 0.1) is 0 Å². The van der Waals surface area contributed by atoms with Gasteiger partial charge in [-0.1, -0.05) is 29.8 Å². The molecular formula is C19H18BrClN4O2S. The Bertz CT molecular complexity index is 980. The third-order valence-electron chi connectivity index (χ3n) is 3.56. The number of aromatic nitrogens is 1. The molecule has 0 fully saturated rings. The van der Waals surface area contributed by atoms with Crippen LogP contribution in [0.3, 0.4) is 0 Å². The predicted molar refractivity (Wildman–Crippen MR) is 119 cm³/mol. The highest BCUT2D eigenvalue weighted by atomic mass is 79.9. The number of nitrogens with two attached hydrogens (primary N) is 1. The Hall–Kier alpha value is -2.29. The molecule has 6 nitrogen and oxygen atoms in total. The predicted octanol–water partition coefficient (Wildman–Crippen LogP) is 5.56. The Morgan fingerprint density at radius 3 is 2.86 bits per heavy atom. The summed E-state index contributed by atoms with van der Waals surface area (Å²) >= 11 is 11.1. The first kappa shape index (κ1) is 20.4. The van der Waals surface area contributed by atoms with Gasteiger partial charge in [-0.3, -0.25) is 5.43 Å². The first-order valence-corrected chi connectivity index (χ1v) is 10.4. The van der Waals surface area contributed by atoms with Gasteiger partial charge in [0.05, 0.1) is 17.3 Å². The molecule has 0 radical (unpaired) electrons. The molecule has 0 bridgehead atoms. The zero-order valence-corrected chi connectivity index (χ0v) is 18.1. The van der Waals surface area contributed by atoms with E-state index in [1.54, 1.807) is 11.6 Å². The number of hydrogen-bond donors (Lipinski definition) is 2. The summed E-state index contributed by atoms with van der Waals surface area (Å²) in [5, 5.41) is 7.21. The number of nitrogens with zero attached hydrogens (tertiary/aromatic N) is 2. The van der Waals surface area contributed by atoms with Gasteiger partial charge in [0.1, 0.15) is 12.4 Å². The summed E-state index contributed by atoms with van der Waals surface area (Å²) in [6, 6.07) is 11.3. The quantitative estimate of drug-likeness (QED) is 0.325. The zero-order valence-electron chi connectivity index (χ0n) is 15.0. The number of nitrogen functional groups attached to an aromatic ring is 1. The number of rotatable bonds is 8. The molecule has 0 amide bonds. The maximum Gasteiger partial charge on any atom is 0.205 e. The minimum Gasteiger partial charge on any atom is -0.490 e. The third-order valence-corrected chi connectivity index (χ3v) is 5.28. The van der Waals surface area contributed by atoms with Gasteiger partial charge in [-0.15, -0.1) is 11.3 Å². The highest BCUT2D eigenvalue weighted by Gasteiger charge is 2.13. The van der Waals surface area contributed by atoms with E-state index >= 15 is 0 Å². The molecule has 0 aliphatic carbocycles. The fourth-order valence-electron chi connectivity index (χ4n) is 2.33. The number of nitrogens with one attached hydrogen (secondary N) is 1. The lowest BCUT2D eigenvalue weighted by Crippen LogP contribution is -2.02. The van der Waals surface area contributed by atoms with Crippen molar-refractivity contribution in [1.82, 2.24) is 4.98 Å². The van der Waals surface area contributed by atoms with E-state index in [1.165, 1.54) is 11.3 Å². The van der Waals surface area contributed by atoms with E-state index in [9.17, 15) is 0 Å². The van der Waals surface area contributed by atoms with Crippen LogP contribution in [0.2, 0.25) is 5.02 Å².